The Bertz CT molecular complexity index is 1150. The quantitative estimate of drug-likeness (QED) is 0.476. The second-order valence-electron chi connectivity index (χ2n) is 9.76. The number of thiophene rings is 1. The molecular weight excluding hydrogens is 506 g/mol. The number of anilines is 2. The highest BCUT2D eigenvalue weighted by molar-refractivity contribution is 7.84. The van der Waals surface area contributed by atoms with Crippen molar-refractivity contribution in [1.29, 1.82) is 0 Å². The largest absolute Gasteiger partial charge is 0.444 e. The zero-order valence-electron chi connectivity index (χ0n) is 21.0. The van der Waals surface area contributed by atoms with Gasteiger partial charge >= 0.3 is 6.09 Å². The fourth-order valence-corrected chi connectivity index (χ4v) is 5.56. The SMILES string of the molecule is CS(=O)c1nc(N2CCOCC2)c2c(N)c(C(=O)NN3CCC(NC(=O)OC(C)(C)C)CC3)sc2n1. The number of ether oxygens (including phenoxy) is 2. The summed E-state index contributed by atoms with van der Waals surface area (Å²) in [4.78, 5) is 37.0. The lowest BCUT2D eigenvalue weighted by Gasteiger charge is -2.32. The van der Waals surface area contributed by atoms with E-state index in [4.69, 9.17) is 15.2 Å². The maximum absolute atomic E-state index is 13.2. The number of nitrogens with one attached hydrogen (secondary N) is 2. The molecule has 2 amide bonds. The van der Waals surface area contributed by atoms with Crippen LogP contribution in [0.2, 0.25) is 0 Å². The Morgan fingerprint density at radius 2 is 1.83 bits per heavy atom. The lowest BCUT2D eigenvalue weighted by molar-refractivity contribution is 0.0452. The van der Waals surface area contributed by atoms with Crippen LogP contribution in [0, 0.1) is 0 Å². The predicted octanol–water partition coefficient (Wildman–Crippen LogP) is 1.48. The number of aromatic nitrogens is 2. The van der Waals surface area contributed by atoms with E-state index < -0.39 is 22.5 Å². The lowest BCUT2D eigenvalue weighted by atomic mass is 10.1. The molecule has 4 heterocycles. The Balaban J connectivity index is 1.46. The number of amides is 2. The predicted molar refractivity (Wildman–Crippen MR) is 139 cm³/mol. The van der Waals surface area contributed by atoms with Crippen LogP contribution in [0.25, 0.3) is 10.2 Å². The number of carbonyl (C=O) groups is 2. The van der Waals surface area contributed by atoms with Crippen LogP contribution in [0.4, 0.5) is 16.3 Å². The van der Waals surface area contributed by atoms with Crippen LogP contribution in [0.5, 0.6) is 0 Å². The summed E-state index contributed by atoms with van der Waals surface area (Å²) in [6.45, 7) is 8.92. The summed E-state index contributed by atoms with van der Waals surface area (Å²) in [5, 5.41) is 5.51. The standard InChI is InChI=1S/C22H33N7O5S2/c1-22(2,3)34-21(31)24-13-5-7-29(8-6-13)27-18(30)16-15(23)14-17(28-9-11-33-12-10-28)25-20(36(4)32)26-19(14)35-16/h13H,5-12,23H2,1-4H3,(H,24,31)(H,27,30). The average Bonchev–Trinajstić information content (AvgIpc) is 3.15. The molecule has 0 bridgehead atoms. The second-order valence-corrected chi connectivity index (χ2v) is 12.0. The van der Waals surface area contributed by atoms with Gasteiger partial charge in [-0.1, -0.05) is 0 Å². The summed E-state index contributed by atoms with van der Waals surface area (Å²) in [5.41, 5.74) is 9.14. The molecule has 198 valence electrons. The van der Waals surface area contributed by atoms with E-state index in [1.54, 1.807) is 0 Å². The van der Waals surface area contributed by atoms with Crippen molar-refractivity contribution in [3.8, 4) is 0 Å². The molecule has 14 heteroatoms. The van der Waals surface area contributed by atoms with Crippen molar-refractivity contribution >= 4 is 55.9 Å². The first kappa shape index (κ1) is 26.5. The zero-order valence-corrected chi connectivity index (χ0v) is 22.6. The molecule has 1 unspecified atom stereocenters. The minimum atomic E-state index is -1.39. The van der Waals surface area contributed by atoms with Gasteiger partial charge in [0.25, 0.3) is 5.91 Å². The Kier molecular flexibility index (Phi) is 7.97. The summed E-state index contributed by atoms with van der Waals surface area (Å²) >= 11 is 1.16. The Morgan fingerprint density at radius 1 is 1.17 bits per heavy atom. The van der Waals surface area contributed by atoms with Gasteiger partial charge in [-0.3, -0.25) is 14.4 Å². The molecule has 0 spiro atoms. The van der Waals surface area contributed by atoms with E-state index in [2.05, 4.69) is 20.7 Å². The Labute approximate surface area is 216 Å². The molecule has 0 aromatic carbocycles. The van der Waals surface area contributed by atoms with Gasteiger partial charge in [0.1, 0.15) is 21.1 Å². The minimum absolute atomic E-state index is 0.0258. The van der Waals surface area contributed by atoms with Crippen molar-refractivity contribution in [1.82, 2.24) is 25.7 Å². The number of hydrogen-bond acceptors (Lipinski definition) is 11. The van der Waals surface area contributed by atoms with E-state index in [0.717, 1.165) is 11.3 Å². The fourth-order valence-electron chi connectivity index (χ4n) is 4.09. The van der Waals surface area contributed by atoms with E-state index in [1.807, 2.05) is 30.7 Å². The number of piperidine rings is 1. The smallest absolute Gasteiger partial charge is 0.407 e. The summed E-state index contributed by atoms with van der Waals surface area (Å²) in [6.07, 6.45) is 2.42. The van der Waals surface area contributed by atoms with Crippen molar-refractivity contribution in [3.05, 3.63) is 4.88 Å². The number of alkyl carbamates (subject to hydrolysis) is 1. The third-order valence-electron chi connectivity index (χ3n) is 5.80. The third-order valence-corrected chi connectivity index (χ3v) is 7.59. The van der Waals surface area contributed by atoms with Crippen LogP contribution in [0.15, 0.2) is 5.16 Å². The molecule has 2 aliphatic heterocycles. The molecule has 0 saturated carbocycles. The Morgan fingerprint density at radius 3 is 2.44 bits per heavy atom. The topological polar surface area (TPSA) is 152 Å². The van der Waals surface area contributed by atoms with Crippen LogP contribution in [0.1, 0.15) is 43.3 Å². The van der Waals surface area contributed by atoms with Gasteiger partial charge in [-0.2, -0.15) is 0 Å². The van der Waals surface area contributed by atoms with Gasteiger partial charge in [-0.05, 0) is 33.6 Å². The molecule has 2 aromatic rings. The third kappa shape index (κ3) is 6.22. The number of nitrogens with zero attached hydrogens (tertiary/aromatic N) is 4. The molecule has 0 aliphatic carbocycles. The molecule has 0 radical (unpaired) electrons. The summed E-state index contributed by atoms with van der Waals surface area (Å²) in [7, 11) is -1.39. The highest BCUT2D eigenvalue weighted by Crippen LogP contribution is 2.38. The number of fused-ring (bicyclic) bond motifs is 1. The molecule has 2 aliphatic rings. The Hall–Kier alpha value is -2.55. The number of nitrogens with two attached hydrogens (primary N) is 1. The maximum Gasteiger partial charge on any atom is 0.407 e. The highest BCUT2D eigenvalue weighted by Gasteiger charge is 2.28. The number of carbonyl (C=O) groups excluding carboxylic acids is 2. The summed E-state index contributed by atoms with van der Waals surface area (Å²) < 4.78 is 22.9. The van der Waals surface area contributed by atoms with Crippen LogP contribution in [-0.4, -0.2) is 88.5 Å². The number of hydrazine groups is 1. The normalized spacial score (nSPS) is 18.7. The van der Waals surface area contributed by atoms with E-state index >= 15 is 0 Å². The van der Waals surface area contributed by atoms with Gasteiger partial charge in [0.05, 0.1) is 35.1 Å². The van der Waals surface area contributed by atoms with Gasteiger partial charge in [0, 0.05) is 38.5 Å². The van der Waals surface area contributed by atoms with Crippen molar-refractivity contribution in [3.63, 3.8) is 0 Å². The molecule has 36 heavy (non-hydrogen) atoms. The van der Waals surface area contributed by atoms with Crippen molar-refractivity contribution in [2.24, 2.45) is 0 Å². The highest BCUT2D eigenvalue weighted by atomic mass is 32.2. The van der Waals surface area contributed by atoms with Crippen molar-refractivity contribution < 1.29 is 23.3 Å². The van der Waals surface area contributed by atoms with Crippen LogP contribution < -0.4 is 21.4 Å². The van der Waals surface area contributed by atoms with Crippen molar-refractivity contribution in [2.45, 2.75) is 50.4 Å². The minimum Gasteiger partial charge on any atom is -0.444 e. The molecule has 2 aromatic heterocycles. The molecule has 1 atom stereocenters. The zero-order chi connectivity index (χ0) is 26.0. The number of morpholine rings is 1. The molecule has 4 N–H and O–H groups in total. The summed E-state index contributed by atoms with van der Waals surface area (Å²) in [6, 6.07) is -0.0258. The van der Waals surface area contributed by atoms with E-state index in [0.29, 0.717) is 78.8 Å². The fraction of sp³-hybridized carbons (Fsp3) is 0.636. The maximum atomic E-state index is 13.2. The van der Waals surface area contributed by atoms with Crippen LogP contribution in [0.3, 0.4) is 0 Å². The molecule has 4 rings (SSSR count). The first-order valence-corrected chi connectivity index (χ1v) is 14.2. The monoisotopic (exact) mass is 539 g/mol. The molecule has 2 fully saturated rings. The first-order valence-electron chi connectivity index (χ1n) is 11.8. The number of rotatable bonds is 5. The van der Waals surface area contributed by atoms with Gasteiger partial charge in [0.2, 0.25) is 5.16 Å². The van der Waals surface area contributed by atoms with Crippen LogP contribution in [-0.2, 0) is 20.3 Å². The van der Waals surface area contributed by atoms with Gasteiger partial charge in [0.15, 0.2) is 0 Å². The van der Waals surface area contributed by atoms with Gasteiger partial charge < -0.3 is 25.4 Å². The van der Waals surface area contributed by atoms with Gasteiger partial charge in [-0.25, -0.2) is 19.8 Å². The van der Waals surface area contributed by atoms with Crippen LogP contribution >= 0.6 is 11.3 Å². The lowest BCUT2D eigenvalue weighted by Crippen LogP contribution is -2.51. The molecule has 12 nitrogen and oxygen atoms in total. The first-order chi connectivity index (χ1) is 17.0. The van der Waals surface area contributed by atoms with E-state index in [9.17, 15) is 13.8 Å². The molecular formula is C22H33N7O5S2. The summed E-state index contributed by atoms with van der Waals surface area (Å²) in [5.74, 6) is 0.247. The number of hydrogen-bond donors (Lipinski definition) is 3. The van der Waals surface area contributed by atoms with Crippen molar-refractivity contribution in [2.75, 3.05) is 56.3 Å². The van der Waals surface area contributed by atoms with Gasteiger partial charge in [-0.15, -0.1) is 11.3 Å². The van der Waals surface area contributed by atoms with E-state index in [1.165, 1.54) is 6.26 Å². The molecule has 2 saturated heterocycles. The number of nitrogen functional groups attached to an aromatic ring is 1. The average molecular weight is 540 g/mol. The second kappa shape index (κ2) is 10.8. The van der Waals surface area contributed by atoms with E-state index in [-0.39, 0.29) is 17.1 Å².